The number of aromatic amines is 1. The Morgan fingerprint density at radius 1 is 1.47 bits per heavy atom. The number of nitrogens with one attached hydrogen (secondary N) is 2. The summed E-state index contributed by atoms with van der Waals surface area (Å²) >= 11 is 1.45. The van der Waals surface area contributed by atoms with Gasteiger partial charge >= 0.3 is 0 Å². The molecule has 15 heavy (non-hydrogen) atoms. The lowest BCUT2D eigenvalue weighted by atomic mass is 10.1. The van der Waals surface area contributed by atoms with Crippen molar-refractivity contribution >= 4 is 11.5 Å². The third-order valence-corrected chi connectivity index (χ3v) is 3.62. The van der Waals surface area contributed by atoms with Gasteiger partial charge < -0.3 is 10.3 Å². The van der Waals surface area contributed by atoms with Crippen molar-refractivity contribution in [1.29, 1.82) is 0 Å². The molecule has 0 radical (unpaired) electrons. The van der Waals surface area contributed by atoms with Crippen LogP contribution in [0.2, 0.25) is 0 Å². The van der Waals surface area contributed by atoms with Crippen molar-refractivity contribution in [3.05, 3.63) is 23.0 Å². The van der Waals surface area contributed by atoms with Crippen LogP contribution in [0.15, 0.2) is 6.07 Å². The molecule has 3 rings (SSSR count). The van der Waals surface area contributed by atoms with Gasteiger partial charge in [-0.2, -0.15) is 0 Å². The van der Waals surface area contributed by atoms with E-state index in [1.54, 1.807) is 0 Å². The lowest BCUT2D eigenvalue weighted by Crippen LogP contribution is -2.22. The minimum absolute atomic E-state index is 0.969. The van der Waals surface area contributed by atoms with Crippen LogP contribution in [0.1, 0.15) is 17.0 Å². The Bertz CT molecular complexity index is 462. The zero-order chi connectivity index (χ0) is 10.3. The van der Waals surface area contributed by atoms with Crippen LogP contribution in [-0.4, -0.2) is 21.1 Å². The molecule has 0 atom stereocenters. The predicted octanol–water partition coefficient (Wildman–Crippen LogP) is 1.49. The highest BCUT2D eigenvalue weighted by Gasteiger charge is 2.15. The van der Waals surface area contributed by atoms with Crippen LogP contribution in [0.4, 0.5) is 0 Å². The lowest BCUT2D eigenvalue weighted by Gasteiger charge is -2.11. The maximum Gasteiger partial charge on any atom is 0.0945 e. The molecule has 0 amide bonds. The summed E-state index contributed by atoms with van der Waals surface area (Å²) < 4.78 is 3.96. The summed E-state index contributed by atoms with van der Waals surface area (Å²) in [5.41, 5.74) is 4.91. The van der Waals surface area contributed by atoms with Crippen molar-refractivity contribution in [2.45, 2.75) is 19.9 Å². The Hall–Kier alpha value is -1.20. The van der Waals surface area contributed by atoms with E-state index >= 15 is 0 Å². The van der Waals surface area contributed by atoms with E-state index in [1.165, 1.54) is 22.8 Å². The van der Waals surface area contributed by atoms with Gasteiger partial charge in [0.2, 0.25) is 0 Å². The zero-order valence-electron chi connectivity index (χ0n) is 8.50. The van der Waals surface area contributed by atoms with Gasteiger partial charge in [0.25, 0.3) is 0 Å². The van der Waals surface area contributed by atoms with Gasteiger partial charge in [0.1, 0.15) is 0 Å². The number of fused-ring (bicyclic) bond motifs is 1. The van der Waals surface area contributed by atoms with Gasteiger partial charge in [-0.3, -0.25) is 0 Å². The third-order valence-electron chi connectivity index (χ3n) is 2.76. The molecule has 0 saturated heterocycles. The van der Waals surface area contributed by atoms with Gasteiger partial charge in [-0.15, -0.1) is 5.10 Å². The fraction of sp³-hybridized carbons (Fsp3) is 0.400. The topological polar surface area (TPSA) is 53.6 Å². The molecule has 0 aliphatic carbocycles. The summed E-state index contributed by atoms with van der Waals surface area (Å²) in [6.45, 7) is 4.03. The monoisotopic (exact) mass is 220 g/mol. The first-order valence-electron chi connectivity index (χ1n) is 5.05. The Balaban J connectivity index is 2.06. The molecule has 2 aromatic heterocycles. The minimum atomic E-state index is 0.969. The average molecular weight is 220 g/mol. The van der Waals surface area contributed by atoms with E-state index < -0.39 is 0 Å². The summed E-state index contributed by atoms with van der Waals surface area (Å²) in [5.74, 6) is 0. The van der Waals surface area contributed by atoms with Crippen LogP contribution in [0.3, 0.4) is 0 Å². The summed E-state index contributed by atoms with van der Waals surface area (Å²) in [6, 6.07) is 2.21. The fourth-order valence-electron chi connectivity index (χ4n) is 1.96. The van der Waals surface area contributed by atoms with Crippen LogP contribution in [0, 0.1) is 6.92 Å². The number of aryl methyl sites for hydroxylation is 1. The van der Waals surface area contributed by atoms with Crippen LogP contribution >= 0.6 is 11.5 Å². The summed E-state index contributed by atoms with van der Waals surface area (Å²) in [5, 5.41) is 7.40. The van der Waals surface area contributed by atoms with Gasteiger partial charge in [-0.1, -0.05) is 4.49 Å². The first-order chi connectivity index (χ1) is 7.34. The van der Waals surface area contributed by atoms with Crippen molar-refractivity contribution in [1.82, 2.24) is 19.9 Å². The number of H-pyrrole nitrogens is 1. The van der Waals surface area contributed by atoms with E-state index in [0.29, 0.717) is 0 Å². The number of hydrogen-bond donors (Lipinski definition) is 2. The highest BCUT2D eigenvalue weighted by molar-refractivity contribution is 7.09. The van der Waals surface area contributed by atoms with Crippen LogP contribution in [-0.2, 0) is 13.0 Å². The van der Waals surface area contributed by atoms with Crippen molar-refractivity contribution in [3.63, 3.8) is 0 Å². The molecule has 0 fully saturated rings. The smallest absolute Gasteiger partial charge is 0.0945 e. The highest BCUT2D eigenvalue weighted by Crippen LogP contribution is 2.27. The predicted molar refractivity (Wildman–Crippen MR) is 59.8 cm³/mol. The normalized spacial score (nSPS) is 15.3. The van der Waals surface area contributed by atoms with Crippen molar-refractivity contribution in [2.75, 3.05) is 6.54 Å². The number of rotatable bonds is 1. The third kappa shape index (κ3) is 1.48. The van der Waals surface area contributed by atoms with Gasteiger partial charge in [0.15, 0.2) is 0 Å². The molecule has 0 aromatic carbocycles. The Kier molecular flexibility index (Phi) is 2.07. The number of nitrogens with zero attached hydrogens (tertiary/aromatic N) is 2. The Morgan fingerprint density at radius 3 is 3.13 bits per heavy atom. The molecule has 0 bridgehead atoms. The molecule has 3 heterocycles. The SMILES string of the molecule is Cc1nnsc1-c1cc2c([nH]1)CCNC2. The molecule has 1 aliphatic rings. The van der Waals surface area contributed by atoms with E-state index in [2.05, 4.69) is 26.0 Å². The maximum atomic E-state index is 4.03. The first-order valence-corrected chi connectivity index (χ1v) is 5.83. The molecule has 0 saturated carbocycles. The highest BCUT2D eigenvalue weighted by atomic mass is 32.1. The summed E-state index contributed by atoms with van der Waals surface area (Å²) in [7, 11) is 0. The number of aromatic nitrogens is 3. The quantitative estimate of drug-likeness (QED) is 0.765. The zero-order valence-corrected chi connectivity index (χ0v) is 9.32. The second kappa shape index (κ2) is 3.43. The fourth-order valence-corrected chi connectivity index (χ4v) is 2.58. The molecule has 78 valence electrons. The summed E-state index contributed by atoms with van der Waals surface area (Å²) in [6.07, 6.45) is 1.08. The largest absolute Gasteiger partial charge is 0.357 e. The molecule has 2 N–H and O–H groups in total. The first kappa shape index (κ1) is 9.06. The van der Waals surface area contributed by atoms with Crippen molar-refractivity contribution in [2.24, 2.45) is 0 Å². The maximum absolute atomic E-state index is 4.03. The molecular formula is C10H12N4S. The van der Waals surface area contributed by atoms with E-state index in [4.69, 9.17) is 0 Å². The summed E-state index contributed by atoms with van der Waals surface area (Å²) in [4.78, 5) is 4.62. The van der Waals surface area contributed by atoms with Crippen LogP contribution in [0.25, 0.3) is 10.6 Å². The standard InChI is InChI=1S/C10H12N4S/c1-6-10(15-14-13-6)9-4-7-5-11-3-2-8(7)12-9/h4,11-12H,2-3,5H2,1H3. The lowest BCUT2D eigenvalue weighted by molar-refractivity contribution is 0.638. The van der Waals surface area contributed by atoms with Gasteiger partial charge in [0.05, 0.1) is 16.3 Å². The molecule has 0 unspecified atom stereocenters. The van der Waals surface area contributed by atoms with E-state index in [9.17, 15) is 0 Å². The molecule has 1 aliphatic heterocycles. The van der Waals surface area contributed by atoms with E-state index in [0.717, 1.165) is 35.8 Å². The molecular weight excluding hydrogens is 208 g/mol. The van der Waals surface area contributed by atoms with Crippen LogP contribution in [0.5, 0.6) is 0 Å². The van der Waals surface area contributed by atoms with Crippen molar-refractivity contribution in [3.8, 4) is 10.6 Å². The average Bonchev–Trinajstić information content (AvgIpc) is 2.82. The van der Waals surface area contributed by atoms with Gasteiger partial charge in [-0.05, 0) is 30.1 Å². The van der Waals surface area contributed by atoms with Gasteiger partial charge in [0, 0.05) is 25.2 Å². The Morgan fingerprint density at radius 2 is 2.40 bits per heavy atom. The van der Waals surface area contributed by atoms with Gasteiger partial charge in [-0.25, -0.2) is 0 Å². The molecule has 2 aromatic rings. The molecule has 4 nitrogen and oxygen atoms in total. The molecule has 0 spiro atoms. The second-order valence-electron chi connectivity index (χ2n) is 3.80. The van der Waals surface area contributed by atoms with E-state index in [1.807, 2.05) is 6.92 Å². The minimum Gasteiger partial charge on any atom is -0.357 e. The number of hydrogen-bond acceptors (Lipinski definition) is 4. The van der Waals surface area contributed by atoms with Crippen LogP contribution < -0.4 is 5.32 Å². The van der Waals surface area contributed by atoms with Crippen molar-refractivity contribution < 1.29 is 0 Å². The van der Waals surface area contributed by atoms with E-state index in [-0.39, 0.29) is 0 Å². The Labute approximate surface area is 91.9 Å². The second-order valence-corrected chi connectivity index (χ2v) is 4.56. The molecule has 5 heteroatoms.